The lowest BCUT2D eigenvalue weighted by Crippen LogP contribution is -2.33. The number of nitrogens with zero attached hydrogens (tertiary/aromatic N) is 2. The molecule has 2 aliphatic heterocycles. The van der Waals surface area contributed by atoms with Gasteiger partial charge in [0.15, 0.2) is 0 Å². The van der Waals surface area contributed by atoms with Crippen molar-refractivity contribution in [2.45, 2.75) is 87.5 Å². The molecule has 0 amide bonds. The predicted octanol–water partition coefficient (Wildman–Crippen LogP) is 21.5. The van der Waals surface area contributed by atoms with Crippen molar-refractivity contribution in [2.24, 2.45) is 0 Å². The second-order valence-corrected chi connectivity index (χ2v) is 20.2. The van der Waals surface area contributed by atoms with Crippen LogP contribution in [0.1, 0.15) is 102 Å². The molecule has 0 aliphatic carbocycles. The minimum atomic E-state index is -0.124. The van der Waals surface area contributed by atoms with Crippen molar-refractivity contribution in [3.8, 4) is 11.1 Å². The Bertz CT molecular complexity index is 3400. The molecule has 0 aromatic heterocycles. The molecule has 7 aromatic rings. The van der Waals surface area contributed by atoms with Gasteiger partial charge in [0, 0.05) is 39.6 Å². The number of para-hydroxylation sites is 1. The second kappa shape index (κ2) is 27.4. The number of hydrogen-bond acceptors (Lipinski definition) is 2. The van der Waals surface area contributed by atoms with E-state index in [2.05, 4.69) is 315 Å². The number of anilines is 4. The maximum atomic E-state index is 4.21. The summed E-state index contributed by atoms with van der Waals surface area (Å²) in [5.74, 6) is 0. The van der Waals surface area contributed by atoms with E-state index in [1.54, 1.807) is 0 Å². The first-order chi connectivity index (χ1) is 37.4. The van der Waals surface area contributed by atoms with E-state index in [1.807, 2.05) is 25.1 Å². The fourth-order valence-electron chi connectivity index (χ4n) is 10.0. The Kier molecular flexibility index (Phi) is 20.0. The van der Waals surface area contributed by atoms with Gasteiger partial charge in [0.1, 0.15) is 0 Å². The Morgan fingerprint density at radius 1 is 0.623 bits per heavy atom. The maximum absolute atomic E-state index is 4.21. The van der Waals surface area contributed by atoms with Gasteiger partial charge >= 0.3 is 0 Å². The van der Waals surface area contributed by atoms with Gasteiger partial charge in [0.25, 0.3) is 0 Å². The minimum absolute atomic E-state index is 0.124. The summed E-state index contributed by atoms with van der Waals surface area (Å²) in [4.78, 5) is 4.87. The molecule has 0 unspecified atom stereocenters. The summed E-state index contributed by atoms with van der Waals surface area (Å²) in [7, 11) is 0. The summed E-state index contributed by atoms with van der Waals surface area (Å²) in [6, 6.07) is 64.9. The number of hydrogen-bond donors (Lipinski definition) is 0. The minimum Gasteiger partial charge on any atom is -0.314 e. The highest BCUT2D eigenvalue weighted by Gasteiger charge is 2.37. The molecule has 0 N–H and O–H groups in total. The third-order valence-corrected chi connectivity index (χ3v) is 14.2. The maximum Gasteiger partial charge on any atom is 0.0499 e. The van der Waals surface area contributed by atoms with Crippen LogP contribution >= 0.6 is 0 Å². The molecule has 2 nitrogen and oxygen atoms in total. The van der Waals surface area contributed by atoms with E-state index < -0.39 is 0 Å². The van der Waals surface area contributed by atoms with Gasteiger partial charge < -0.3 is 9.80 Å². The van der Waals surface area contributed by atoms with E-state index in [0.29, 0.717) is 0 Å². The first kappa shape index (κ1) is 56.3. The lowest BCUT2D eigenvalue weighted by Gasteiger charge is -2.43. The SMILES string of the molecule is C/C=C\C=C(/C)c1cccc(C)c1.C=C/C(=C\C(=C/C)N(c1cccc(-c2ccccc2)c1)c1ccc2c(c1)CC=C/C(C)=C\C1=C(C)N2c2ccccc2C1(C)C)c1ccccc1.CC/C=C\C=C(/C)c1ccccc1. The molecular weight excluding hydrogens is 929 g/mol. The van der Waals surface area contributed by atoms with Gasteiger partial charge in [-0.2, -0.15) is 0 Å². The third-order valence-electron chi connectivity index (χ3n) is 14.2. The summed E-state index contributed by atoms with van der Waals surface area (Å²) in [5.41, 5.74) is 23.2. The molecule has 7 aromatic carbocycles. The summed E-state index contributed by atoms with van der Waals surface area (Å²) in [5, 5.41) is 0. The molecule has 0 atom stereocenters. The van der Waals surface area contributed by atoms with E-state index in [0.717, 1.165) is 41.1 Å². The Hall–Kier alpha value is -8.46. The number of allylic oxidation sites excluding steroid dienone is 18. The zero-order valence-electron chi connectivity index (χ0n) is 47.3. The monoisotopic (exact) mass is 1010 g/mol. The lowest BCUT2D eigenvalue weighted by molar-refractivity contribution is 0.616. The average molecular weight is 1010 g/mol. The van der Waals surface area contributed by atoms with Crippen LogP contribution in [0.4, 0.5) is 22.7 Å². The van der Waals surface area contributed by atoms with Crippen LogP contribution in [0, 0.1) is 6.92 Å². The van der Waals surface area contributed by atoms with Crippen LogP contribution in [-0.4, -0.2) is 0 Å². The van der Waals surface area contributed by atoms with E-state index >= 15 is 0 Å². The molecule has 77 heavy (non-hydrogen) atoms. The number of rotatable bonds is 12. The number of aryl methyl sites for hydroxylation is 1. The van der Waals surface area contributed by atoms with Crippen molar-refractivity contribution in [1.29, 1.82) is 0 Å². The molecule has 2 aliphatic rings. The van der Waals surface area contributed by atoms with Gasteiger partial charge in [-0.15, -0.1) is 0 Å². The highest BCUT2D eigenvalue weighted by atomic mass is 15.2. The van der Waals surface area contributed by atoms with E-state index in [4.69, 9.17) is 0 Å². The molecule has 0 fully saturated rings. The molecule has 2 heteroatoms. The Morgan fingerprint density at radius 3 is 1.91 bits per heavy atom. The summed E-state index contributed by atoms with van der Waals surface area (Å²) in [6.45, 7) is 26.1. The smallest absolute Gasteiger partial charge is 0.0499 e. The topological polar surface area (TPSA) is 6.48 Å². The van der Waals surface area contributed by atoms with Crippen molar-refractivity contribution in [3.63, 3.8) is 0 Å². The highest BCUT2D eigenvalue weighted by molar-refractivity contribution is 5.85. The number of fused-ring (bicyclic) bond motifs is 5. The van der Waals surface area contributed by atoms with Crippen LogP contribution in [0.15, 0.2) is 284 Å². The van der Waals surface area contributed by atoms with Crippen LogP contribution in [0.25, 0.3) is 27.8 Å². The van der Waals surface area contributed by atoms with Crippen molar-refractivity contribution >= 4 is 39.5 Å². The summed E-state index contributed by atoms with van der Waals surface area (Å²) >= 11 is 0. The van der Waals surface area contributed by atoms with E-state index in [1.165, 1.54) is 78.3 Å². The largest absolute Gasteiger partial charge is 0.314 e. The molecule has 388 valence electrons. The molecule has 2 bridgehead atoms. The van der Waals surface area contributed by atoms with Crippen LogP contribution in [0.2, 0.25) is 0 Å². The van der Waals surface area contributed by atoms with Gasteiger partial charge in [0.05, 0.1) is 0 Å². The fraction of sp³-hybridized carbons (Fsp3) is 0.173. The summed E-state index contributed by atoms with van der Waals surface area (Å²) < 4.78 is 0. The quantitative estimate of drug-likeness (QED) is 0.113. The van der Waals surface area contributed by atoms with Crippen LogP contribution in [0.5, 0.6) is 0 Å². The fourth-order valence-corrected chi connectivity index (χ4v) is 10.0. The molecule has 0 radical (unpaired) electrons. The van der Waals surface area contributed by atoms with Gasteiger partial charge in [-0.1, -0.05) is 251 Å². The third kappa shape index (κ3) is 14.3. The second-order valence-electron chi connectivity index (χ2n) is 20.2. The zero-order valence-corrected chi connectivity index (χ0v) is 47.3. The van der Waals surface area contributed by atoms with Crippen LogP contribution in [-0.2, 0) is 11.8 Å². The van der Waals surface area contributed by atoms with Crippen LogP contribution in [0.3, 0.4) is 0 Å². The zero-order chi connectivity index (χ0) is 54.7. The van der Waals surface area contributed by atoms with Gasteiger partial charge in [-0.05, 0) is 165 Å². The molecule has 0 spiro atoms. The highest BCUT2D eigenvalue weighted by Crippen LogP contribution is 2.50. The first-order valence-electron chi connectivity index (χ1n) is 27.2. The van der Waals surface area contributed by atoms with E-state index in [9.17, 15) is 0 Å². The molecule has 2 heterocycles. The normalized spacial score (nSPS) is 15.1. The van der Waals surface area contributed by atoms with Crippen molar-refractivity contribution < 1.29 is 0 Å². The van der Waals surface area contributed by atoms with Gasteiger partial charge in [-0.3, -0.25) is 0 Å². The van der Waals surface area contributed by atoms with Gasteiger partial charge in [-0.25, -0.2) is 0 Å². The standard InChI is InChI=1S/C49H46N2.2C13H16/c1-7-37(38-20-11-9-12-21-38)32-42(8-2)51(43-26-18-24-40(33-43)39-22-13-10-14-23-39)44-29-30-47-41(34-44)25-17-19-35(3)31-46-36(4)50(47)48-28-16-15-27-45(48)49(46,5)6;1-4-5-8-12(3)13-9-6-7-11(2)10-13;1-3-4-6-9-12(2)13-10-7-5-8-11-13/h7-24,26-34H,1,25H2,2-6H3;4-10H,1-3H3;4-11H,3H2,1-2H3/b19-17?,35-31-,37-32+,42-8+;5-4-,12-8+;6-4-,12-9+. The van der Waals surface area contributed by atoms with E-state index in [-0.39, 0.29) is 5.41 Å². The number of benzene rings is 7. The molecule has 9 rings (SSSR count). The van der Waals surface area contributed by atoms with Gasteiger partial charge in [0.2, 0.25) is 0 Å². The average Bonchev–Trinajstić information content (AvgIpc) is 3.46. The Labute approximate surface area is 462 Å². The molecule has 0 saturated carbocycles. The molecular formula is C75H78N2. The first-order valence-corrected chi connectivity index (χ1v) is 27.2. The van der Waals surface area contributed by atoms with Crippen molar-refractivity contribution in [2.75, 3.05) is 9.80 Å². The van der Waals surface area contributed by atoms with Crippen molar-refractivity contribution in [3.05, 3.63) is 317 Å². The Balaban J connectivity index is 0.000000270. The molecule has 0 saturated heterocycles. The van der Waals surface area contributed by atoms with Crippen LogP contribution < -0.4 is 9.80 Å². The lowest BCUT2D eigenvalue weighted by atomic mass is 9.72. The predicted molar refractivity (Wildman–Crippen MR) is 339 cm³/mol. The van der Waals surface area contributed by atoms with Crippen molar-refractivity contribution in [1.82, 2.24) is 0 Å². The summed E-state index contributed by atoms with van der Waals surface area (Å²) in [6.07, 6.45) is 27.9. The Morgan fingerprint density at radius 2 is 1.23 bits per heavy atom.